The number of nitrogens with two attached hydrogens (primary N) is 1. The van der Waals surface area contributed by atoms with Crippen LogP contribution in [0.25, 0.3) is 0 Å². The second kappa shape index (κ2) is 7.27. The van der Waals surface area contributed by atoms with E-state index in [-0.39, 0.29) is 11.6 Å². The Labute approximate surface area is 150 Å². The Kier molecular flexibility index (Phi) is 4.90. The van der Waals surface area contributed by atoms with Gasteiger partial charge < -0.3 is 20.5 Å². The maximum absolute atomic E-state index is 6.15. The Morgan fingerprint density at radius 1 is 1.08 bits per heavy atom. The van der Waals surface area contributed by atoms with Gasteiger partial charge in [-0.3, -0.25) is 0 Å². The molecular weight excluding hydrogens is 340 g/mol. The van der Waals surface area contributed by atoms with Crippen LogP contribution in [-0.2, 0) is 0 Å². The number of aromatic nitrogens is 2. The summed E-state index contributed by atoms with van der Waals surface area (Å²) in [6.45, 7) is 2.00. The molecule has 3 rings (SSSR count). The Morgan fingerprint density at radius 3 is 2.56 bits per heavy atom. The van der Waals surface area contributed by atoms with Gasteiger partial charge in [-0.05, 0) is 37.3 Å². The van der Waals surface area contributed by atoms with E-state index in [1.807, 2.05) is 31.2 Å². The van der Waals surface area contributed by atoms with E-state index in [4.69, 9.17) is 26.8 Å². The van der Waals surface area contributed by atoms with Gasteiger partial charge in [0.05, 0.1) is 12.8 Å². The highest BCUT2D eigenvalue weighted by Crippen LogP contribution is 2.34. The second-order valence-corrected chi connectivity index (χ2v) is 5.76. The first-order valence-electron chi connectivity index (χ1n) is 7.52. The molecule has 0 atom stereocenters. The molecule has 0 aliphatic carbocycles. The maximum Gasteiger partial charge on any atom is 0.248 e. The van der Waals surface area contributed by atoms with Crippen LogP contribution in [0.1, 0.15) is 5.56 Å². The standard InChI is InChI=1S/C18H17ClN4O2/c1-11-3-6-13(7-4-11)25-18-16(20)17(21-10-22-18)23-14-9-12(19)5-8-15(14)24-2/h3-10H,20H2,1-2H3,(H,21,22,23). The molecule has 128 valence electrons. The number of rotatable bonds is 5. The molecular formula is C18H17ClN4O2. The summed E-state index contributed by atoms with van der Waals surface area (Å²) in [6.07, 6.45) is 1.37. The van der Waals surface area contributed by atoms with E-state index < -0.39 is 0 Å². The van der Waals surface area contributed by atoms with E-state index in [2.05, 4.69) is 15.3 Å². The lowest BCUT2D eigenvalue weighted by Crippen LogP contribution is -2.04. The third-order valence-electron chi connectivity index (χ3n) is 3.50. The fraction of sp³-hybridized carbons (Fsp3) is 0.111. The highest BCUT2D eigenvalue weighted by molar-refractivity contribution is 6.31. The summed E-state index contributed by atoms with van der Waals surface area (Å²) in [5.41, 5.74) is 8.21. The summed E-state index contributed by atoms with van der Waals surface area (Å²) >= 11 is 6.05. The minimum Gasteiger partial charge on any atom is -0.495 e. The fourth-order valence-electron chi connectivity index (χ4n) is 2.18. The summed E-state index contributed by atoms with van der Waals surface area (Å²) in [7, 11) is 1.57. The van der Waals surface area contributed by atoms with Crippen molar-refractivity contribution >= 4 is 28.8 Å². The number of ether oxygens (including phenoxy) is 2. The van der Waals surface area contributed by atoms with Crippen LogP contribution in [0, 0.1) is 6.92 Å². The Hall–Kier alpha value is -2.99. The van der Waals surface area contributed by atoms with Crippen molar-refractivity contribution in [3.63, 3.8) is 0 Å². The van der Waals surface area contributed by atoms with Crippen molar-refractivity contribution in [3.05, 3.63) is 59.4 Å². The van der Waals surface area contributed by atoms with Crippen molar-refractivity contribution in [2.75, 3.05) is 18.2 Å². The SMILES string of the molecule is COc1ccc(Cl)cc1Nc1ncnc(Oc2ccc(C)cc2)c1N. The van der Waals surface area contributed by atoms with E-state index in [0.717, 1.165) is 5.56 Å². The molecule has 1 heterocycles. The molecule has 3 N–H and O–H groups in total. The first-order chi connectivity index (χ1) is 12.1. The van der Waals surface area contributed by atoms with Gasteiger partial charge >= 0.3 is 0 Å². The van der Waals surface area contributed by atoms with Gasteiger partial charge in [0.1, 0.15) is 23.5 Å². The first kappa shape index (κ1) is 16.9. The molecule has 0 aliphatic rings. The van der Waals surface area contributed by atoms with E-state index in [1.54, 1.807) is 25.3 Å². The van der Waals surface area contributed by atoms with Crippen molar-refractivity contribution < 1.29 is 9.47 Å². The summed E-state index contributed by atoms with van der Waals surface area (Å²) in [5, 5.41) is 3.66. The number of halogens is 1. The predicted molar refractivity (Wildman–Crippen MR) is 99.0 cm³/mol. The van der Waals surface area contributed by atoms with Crippen molar-refractivity contribution in [2.45, 2.75) is 6.92 Å². The largest absolute Gasteiger partial charge is 0.495 e. The number of nitrogens with zero attached hydrogens (tertiary/aromatic N) is 2. The number of anilines is 3. The normalized spacial score (nSPS) is 10.4. The Balaban J connectivity index is 1.88. The molecule has 0 radical (unpaired) electrons. The number of hydrogen-bond donors (Lipinski definition) is 2. The predicted octanol–water partition coefficient (Wildman–Crippen LogP) is 4.57. The molecule has 0 fully saturated rings. The summed E-state index contributed by atoms with van der Waals surface area (Å²) in [5.74, 6) is 1.92. The lowest BCUT2D eigenvalue weighted by atomic mass is 10.2. The van der Waals surface area contributed by atoms with E-state index in [9.17, 15) is 0 Å². The van der Waals surface area contributed by atoms with E-state index in [0.29, 0.717) is 28.0 Å². The Bertz CT molecular complexity index is 885. The average molecular weight is 357 g/mol. The number of nitrogen functional groups attached to an aromatic ring is 1. The van der Waals surface area contributed by atoms with Gasteiger partial charge in [0.25, 0.3) is 0 Å². The van der Waals surface area contributed by atoms with Crippen LogP contribution in [0.3, 0.4) is 0 Å². The molecule has 25 heavy (non-hydrogen) atoms. The number of benzene rings is 2. The minimum atomic E-state index is 0.266. The summed E-state index contributed by atoms with van der Waals surface area (Å²) in [6, 6.07) is 12.8. The van der Waals surface area contributed by atoms with Gasteiger partial charge in [-0.1, -0.05) is 29.3 Å². The molecule has 7 heteroatoms. The molecule has 1 aromatic heterocycles. The van der Waals surface area contributed by atoms with Crippen molar-refractivity contribution in [1.29, 1.82) is 0 Å². The van der Waals surface area contributed by atoms with Gasteiger partial charge in [-0.2, -0.15) is 4.98 Å². The number of hydrogen-bond acceptors (Lipinski definition) is 6. The molecule has 0 spiro atoms. The van der Waals surface area contributed by atoms with Gasteiger partial charge in [0.15, 0.2) is 5.82 Å². The zero-order chi connectivity index (χ0) is 17.8. The van der Waals surface area contributed by atoms with Crippen LogP contribution in [0.2, 0.25) is 5.02 Å². The molecule has 0 unspecified atom stereocenters. The lowest BCUT2D eigenvalue weighted by Gasteiger charge is -2.14. The number of nitrogens with one attached hydrogen (secondary N) is 1. The third kappa shape index (κ3) is 3.92. The zero-order valence-electron chi connectivity index (χ0n) is 13.8. The molecule has 3 aromatic rings. The highest BCUT2D eigenvalue weighted by Gasteiger charge is 2.13. The van der Waals surface area contributed by atoms with Crippen LogP contribution in [0.5, 0.6) is 17.4 Å². The topological polar surface area (TPSA) is 82.3 Å². The monoisotopic (exact) mass is 356 g/mol. The lowest BCUT2D eigenvalue weighted by molar-refractivity contribution is 0.417. The summed E-state index contributed by atoms with van der Waals surface area (Å²) in [4.78, 5) is 8.27. The van der Waals surface area contributed by atoms with Crippen LogP contribution in [-0.4, -0.2) is 17.1 Å². The van der Waals surface area contributed by atoms with Crippen LogP contribution >= 0.6 is 11.6 Å². The van der Waals surface area contributed by atoms with Crippen LogP contribution in [0.15, 0.2) is 48.8 Å². The quantitative estimate of drug-likeness (QED) is 0.697. The molecule has 0 saturated heterocycles. The minimum absolute atomic E-state index is 0.266. The molecule has 0 amide bonds. The fourth-order valence-corrected chi connectivity index (χ4v) is 2.36. The first-order valence-corrected chi connectivity index (χ1v) is 7.90. The van der Waals surface area contributed by atoms with Crippen molar-refractivity contribution in [3.8, 4) is 17.4 Å². The zero-order valence-corrected chi connectivity index (χ0v) is 14.5. The average Bonchev–Trinajstić information content (AvgIpc) is 2.60. The van der Waals surface area contributed by atoms with Gasteiger partial charge in [0, 0.05) is 5.02 Å². The summed E-state index contributed by atoms with van der Waals surface area (Å²) < 4.78 is 11.1. The molecule has 6 nitrogen and oxygen atoms in total. The smallest absolute Gasteiger partial charge is 0.248 e. The number of methoxy groups -OCH3 is 1. The van der Waals surface area contributed by atoms with Crippen LogP contribution < -0.4 is 20.5 Å². The Morgan fingerprint density at radius 2 is 1.84 bits per heavy atom. The van der Waals surface area contributed by atoms with Gasteiger partial charge in [-0.25, -0.2) is 4.98 Å². The highest BCUT2D eigenvalue weighted by atomic mass is 35.5. The molecule has 2 aromatic carbocycles. The number of aryl methyl sites for hydroxylation is 1. The molecule has 0 saturated carbocycles. The van der Waals surface area contributed by atoms with E-state index >= 15 is 0 Å². The van der Waals surface area contributed by atoms with Crippen LogP contribution in [0.4, 0.5) is 17.2 Å². The van der Waals surface area contributed by atoms with Crippen molar-refractivity contribution in [1.82, 2.24) is 9.97 Å². The van der Waals surface area contributed by atoms with Gasteiger partial charge in [-0.15, -0.1) is 0 Å². The molecule has 0 aliphatic heterocycles. The van der Waals surface area contributed by atoms with Crippen molar-refractivity contribution in [2.24, 2.45) is 0 Å². The maximum atomic E-state index is 6.15. The third-order valence-corrected chi connectivity index (χ3v) is 3.73. The molecule has 0 bridgehead atoms. The van der Waals surface area contributed by atoms with E-state index in [1.165, 1.54) is 6.33 Å². The van der Waals surface area contributed by atoms with Gasteiger partial charge in [0.2, 0.25) is 5.88 Å². The second-order valence-electron chi connectivity index (χ2n) is 5.33.